The highest BCUT2D eigenvalue weighted by molar-refractivity contribution is 6.31. The Kier molecular flexibility index (Phi) is 7.38. The second-order valence-electron chi connectivity index (χ2n) is 8.69. The lowest BCUT2D eigenvalue weighted by atomic mass is 9.74. The molecule has 0 spiro atoms. The van der Waals surface area contributed by atoms with E-state index in [-0.39, 0.29) is 34.7 Å². The zero-order valence-electron chi connectivity index (χ0n) is 18.7. The Bertz CT molecular complexity index is 1080. The molecule has 1 aliphatic heterocycles. The van der Waals surface area contributed by atoms with Crippen molar-refractivity contribution in [2.75, 3.05) is 31.6 Å². The van der Waals surface area contributed by atoms with Gasteiger partial charge in [-0.05, 0) is 56.0 Å². The van der Waals surface area contributed by atoms with Gasteiger partial charge in [-0.2, -0.15) is 0 Å². The van der Waals surface area contributed by atoms with Gasteiger partial charge in [-0.25, -0.2) is 4.39 Å². The van der Waals surface area contributed by atoms with Crippen LogP contribution < -0.4 is 25.0 Å². The van der Waals surface area contributed by atoms with Crippen LogP contribution >= 0.6 is 23.2 Å². The number of rotatable bonds is 8. The third kappa shape index (κ3) is 5.67. The van der Waals surface area contributed by atoms with Gasteiger partial charge in [-0.15, -0.1) is 0 Å². The summed E-state index contributed by atoms with van der Waals surface area (Å²) >= 11 is 11.7. The number of hydrogen-bond acceptors (Lipinski definition) is 5. The van der Waals surface area contributed by atoms with Crippen LogP contribution in [0, 0.1) is 5.82 Å². The van der Waals surface area contributed by atoms with Gasteiger partial charge in [-0.1, -0.05) is 23.2 Å². The van der Waals surface area contributed by atoms with Gasteiger partial charge in [0.25, 0.3) is 11.8 Å². The molecule has 0 saturated heterocycles. The summed E-state index contributed by atoms with van der Waals surface area (Å²) in [7, 11) is 1.89. The lowest BCUT2D eigenvalue weighted by molar-refractivity contribution is -0.128. The number of benzene rings is 2. The molecule has 1 saturated carbocycles. The van der Waals surface area contributed by atoms with E-state index in [2.05, 4.69) is 10.6 Å². The summed E-state index contributed by atoms with van der Waals surface area (Å²) in [6.07, 6.45) is 2.59. The first kappa shape index (κ1) is 24.4. The Morgan fingerprint density at radius 3 is 2.74 bits per heavy atom. The SMILES string of the molecule is CN1CC(C(=O)NCCC2(NC(=O)COc3ccc(Cl)c(F)c3)CCC2)Oc2ccc(Cl)cc21. The fourth-order valence-corrected chi connectivity index (χ4v) is 4.47. The first-order chi connectivity index (χ1) is 16.2. The van der Waals surface area contributed by atoms with E-state index in [1.807, 2.05) is 11.9 Å². The molecule has 0 aromatic heterocycles. The van der Waals surface area contributed by atoms with E-state index < -0.39 is 11.9 Å². The fraction of sp³-hybridized carbons (Fsp3) is 0.417. The molecule has 2 aromatic carbocycles. The van der Waals surface area contributed by atoms with Crippen LogP contribution in [0.25, 0.3) is 0 Å². The van der Waals surface area contributed by atoms with Crippen molar-refractivity contribution in [3.8, 4) is 11.5 Å². The average Bonchev–Trinajstić information content (AvgIpc) is 2.78. The molecule has 1 heterocycles. The minimum Gasteiger partial charge on any atom is -0.484 e. The van der Waals surface area contributed by atoms with Gasteiger partial charge in [0.05, 0.1) is 17.3 Å². The molecule has 1 atom stereocenters. The molecule has 1 unspecified atom stereocenters. The van der Waals surface area contributed by atoms with E-state index >= 15 is 0 Å². The van der Waals surface area contributed by atoms with E-state index in [1.54, 1.807) is 18.2 Å². The van der Waals surface area contributed by atoms with E-state index in [4.69, 9.17) is 32.7 Å². The first-order valence-electron chi connectivity index (χ1n) is 11.1. The van der Waals surface area contributed by atoms with Crippen LogP contribution in [0.3, 0.4) is 0 Å². The zero-order chi connectivity index (χ0) is 24.3. The van der Waals surface area contributed by atoms with Gasteiger partial charge in [0, 0.05) is 30.2 Å². The second-order valence-corrected chi connectivity index (χ2v) is 9.53. The van der Waals surface area contributed by atoms with E-state index in [1.165, 1.54) is 12.1 Å². The van der Waals surface area contributed by atoms with Gasteiger partial charge in [-0.3, -0.25) is 9.59 Å². The Balaban J connectivity index is 1.24. The molecule has 2 N–H and O–H groups in total. The molecule has 34 heavy (non-hydrogen) atoms. The Hall–Kier alpha value is -2.71. The molecule has 4 rings (SSSR count). The smallest absolute Gasteiger partial charge is 0.262 e. The number of ether oxygens (including phenoxy) is 2. The van der Waals surface area contributed by atoms with Crippen LogP contribution in [0.5, 0.6) is 11.5 Å². The number of likely N-dealkylation sites (N-methyl/N-ethyl adjacent to an activating group) is 1. The van der Waals surface area contributed by atoms with Gasteiger partial charge in [0.2, 0.25) is 0 Å². The highest BCUT2D eigenvalue weighted by Crippen LogP contribution is 2.36. The van der Waals surface area contributed by atoms with Crippen LogP contribution in [-0.4, -0.2) is 50.2 Å². The number of nitrogens with zero attached hydrogens (tertiary/aromatic N) is 1. The van der Waals surface area contributed by atoms with Gasteiger partial charge >= 0.3 is 0 Å². The summed E-state index contributed by atoms with van der Waals surface area (Å²) in [5, 5.41) is 6.54. The normalized spacial score (nSPS) is 18.2. The van der Waals surface area contributed by atoms with Crippen LogP contribution in [-0.2, 0) is 9.59 Å². The molecular formula is C24H26Cl2FN3O4. The van der Waals surface area contributed by atoms with Crippen molar-refractivity contribution in [1.29, 1.82) is 0 Å². The average molecular weight is 510 g/mol. The lowest BCUT2D eigenvalue weighted by Crippen LogP contribution is -2.56. The van der Waals surface area contributed by atoms with Crippen molar-refractivity contribution in [2.24, 2.45) is 0 Å². The molecule has 182 valence electrons. The Morgan fingerprint density at radius 2 is 2.03 bits per heavy atom. The van der Waals surface area contributed by atoms with Crippen LogP contribution in [0.1, 0.15) is 25.7 Å². The number of carbonyl (C=O) groups is 2. The Morgan fingerprint density at radius 1 is 1.24 bits per heavy atom. The maximum Gasteiger partial charge on any atom is 0.262 e. The summed E-state index contributed by atoms with van der Waals surface area (Å²) in [6.45, 7) is 0.573. The van der Waals surface area contributed by atoms with Gasteiger partial charge < -0.3 is 25.0 Å². The summed E-state index contributed by atoms with van der Waals surface area (Å²) in [4.78, 5) is 27.1. The van der Waals surface area contributed by atoms with Crippen molar-refractivity contribution in [3.05, 3.63) is 52.3 Å². The first-order valence-corrected chi connectivity index (χ1v) is 11.8. The number of fused-ring (bicyclic) bond motifs is 1. The standard InChI is InChI=1S/C24H26Cl2FN3O4/c1-30-13-21(34-20-6-3-15(25)11-19(20)30)23(32)28-10-9-24(7-2-8-24)29-22(31)14-33-16-4-5-17(26)18(27)12-16/h3-6,11-12,21H,2,7-10,13-14H2,1H3,(H,28,32)(H,29,31). The second kappa shape index (κ2) is 10.3. The van der Waals surface area contributed by atoms with E-state index in [0.29, 0.717) is 30.3 Å². The van der Waals surface area contributed by atoms with Crippen LogP contribution in [0.4, 0.5) is 10.1 Å². The van der Waals surface area contributed by atoms with Crippen molar-refractivity contribution < 1.29 is 23.5 Å². The molecule has 2 aliphatic rings. The highest BCUT2D eigenvalue weighted by atomic mass is 35.5. The fourth-order valence-electron chi connectivity index (χ4n) is 4.19. The summed E-state index contributed by atoms with van der Waals surface area (Å²) < 4.78 is 24.8. The number of halogens is 3. The third-order valence-corrected chi connectivity index (χ3v) is 6.75. The summed E-state index contributed by atoms with van der Waals surface area (Å²) in [5.74, 6) is -0.267. The molecule has 2 aromatic rings. The maximum atomic E-state index is 13.5. The molecule has 0 radical (unpaired) electrons. The lowest BCUT2D eigenvalue weighted by Gasteiger charge is -2.43. The topological polar surface area (TPSA) is 79.9 Å². The minimum atomic E-state index is -0.640. The molecule has 7 nitrogen and oxygen atoms in total. The molecule has 2 amide bonds. The molecule has 0 bridgehead atoms. The number of hydrogen-bond donors (Lipinski definition) is 2. The van der Waals surface area contributed by atoms with Gasteiger partial charge in [0.1, 0.15) is 17.3 Å². The predicted octanol–water partition coefficient (Wildman–Crippen LogP) is 3.95. The number of amides is 2. The zero-order valence-corrected chi connectivity index (χ0v) is 20.2. The quantitative estimate of drug-likeness (QED) is 0.563. The van der Waals surface area contributed by atoms with Crippen molar-refractivity contribution >= 4 is 40.7 Å². The third-order valence-electron chi connectivity index (χ3n) is 6.21. The summed E-state index contributed by atoms with van der Waals surface area (Å²) in [5.41, 5.74) is 0.461. The molecule has 10 heteroatoms. The minimum absolute atomic E-state index is 0.00820. The molecular weight excluding hydrogens is 484 g/mol. The van der Waals surface area contributed by atoms with Crippen LogP contribution in [0.15, 0.2) is 36.4 Å². The predicted molar refractivity (Wildman–Crippen MR) is 128 cm³/mol. The Labute approximate surface area is 207 Å². The molecule has 1 aliphatic carbocycles. The van der Waals surface area contributed by atoms with Gasteiger partial charge in [0.15, 0.2) is 12.7 Å². The van der Waals surface area contributed by atoms with Crippen molar-refractivity contribution in [2.45, 2.75) is 37.3 Å². The number of nitrogens with one attached hydrogen (secondary N) is 2. The van der Waals surface area contributed by atoms with Crippen molar-refractivity contribution in [3.63, 3.8) is 0 Å². The van der Waals surface area contributed by atoms with E-state index in [0.717, 1.165) is 31.0 Å². The largest absolute Gasteiger partial charge is 0.484 e. The highest BCUT2D eigenvalue weighted by Gasteiger charge is 2.38. The summed E-state index contributed by atoms with van der Waals surface area (Å²) in [6, 6.07) is 9.31. The maximum absolute atomic E-state index is 13.5. The van der Waals surface area contributed by atoms with Crippen LogP contribution in [0.2, 0.25) is 10.0 Å². The monoisotopic (exact) mass is 509 g/mol. The molecule has 1 fully saturated rings. The number of anilines is 1. The number of carbonyl (C=O) groups excluding carboxylic acids is 2. The van der Waals surface area contributed by atoms with E-state index in [9.17, 15) is 14.0 Å². The van der Waals surface area contributed by atoms with Crippen molar-refractivity contribution in [1.82, 2.24) is 10.6 Å².